The SMILES string of the molecule is CCC(CC)C(C)NC1CCSC1. The Balaban J connectivity index is 2.25. The van der Waals surface area contributed by atoms with E-state index in [0.29, 0.717) is 6.04 Å². The Morgan fingerprint density at radius 2 is 2.08 bits per heavy atom. The fourth-order valence-corrected chi connectivity index (χ4v) is 3.33. The summed E-state index contributed by atoms with van der Waals surface area (Å²) in [5.74, 6) is 3.54. The third-order valence-electron chi connectivity index (χ3n) is 3.18. The van der Waals surface area contributed by atoms with E-state index in [1.807, 2.05) is 0 Å². The molecule has 1 aliphatic heterocycles. The number of hydrogen-bond donors (Lipinski definition) is 1. The Morgan fingerprint density at radius 3 is 2.54 bits per heavy atom. The fraction of sp³-hybridized carbons (Fsp3) is 1.00. The Kier molecular flexibility index (Phi) is 5.18. The monoisotopic (exact) mass is 201 g/mol. The highest BCUT2D eigenvalue weighted by Gasteiger charge is 2.20. The topological polar surface area (TPSA) is 12.0 Å². The summed E-state index contributed by atoms with van der Waals surface area (Å²) in [6.07, 6.45) is 3.99. The predicted octanol–water partition coefficient (Wildman–Crippen LogP) is 2.91. The number of rotatable bonds is 5. The third kappa shape index (κ3) is 3.51. The van der Waals surface area contributed by atoms with E-state index in [1.54, 1.807) is 0 Å². The van der Waals surface area contributed by atoms with E-state index in [2.05, 4.69) is 37.8 Å². The van der Waals surface area contributed by atoms with Crippen molar-refractivity contribution in [2.24, 2.45) is 5.92 Å². The van der Waals surface area contributed by atoms with Crippen LogP contribution in [0.3, 0.4) is 0 Å². The maximum absolute atomic E-state index is 3.76. The van der Waals surface area contributed by atoms with Gasteiger partial charge in [-0.15, -0.1) is 0 Å². The minimum atomic E-state index is 0.707. The smallest absolute Gasteiger partial charge is 0.0168 e. The van der Waals surface area contributed by atoms with E-state index < -0.39 is 0 Å². The van der Waals surface area contributed by atoms with E-state index >= 15 is 0 Å². The molecular weight excluding hydrogens is 178 g/mol. The van der Waals surface area contributed by atoms with E-state index in [1.165, 1.54) is 30.8 Å². The van der Waals surface area contributed by atoms with Crippen molar-refractivity contribution in [2.75, 3.05) is 11.5 Å². The maximum atomic E-state index is 3.76. The van der Waals surface area contributed by atoms with Gasteiger partial charge in [0.1, 0.15) is 0 Å². The molecule has 2 atom stereocenters. The molecule has 0 amide bonds. The molecule has 1 nitrogen and oxygen atoms in total. The van der Waals surface area contributed by atoms with Crippen LogP contribution in [0.2, 0.25) is 0 Å². The number of thioether (sulfide) groups is 1. The molecule has 0 aromatic heterocycles. The summed E-state index contributed by atoms with van der Waals surface area (Å²) < 4.78 is 0. The molecule has 0 aliphatic carbocycles. The summed E-state index contributed by atoms with van der Waals surface area (Å²) >= 11 is 2.09. The molecule has 0 aromatic carbocycles. The normalized spacial score (nSPS) is 25.4. The molecule has 78 valence electrons. The molecule has 0 spiro atoms. The van der Waals surface area contributed by atoms with E-state index in [9.17, 15) is 0 Å². The Bertz CT molecular complexity index is 128. The second-order valence-corrected chi connectivity index (χ2v) is 5.24. The maximum Gasteiger partial charge on any atom is 0.0168 e. The quantitative estimate of drug-likeness (QED) is 0.734. The van der Waals surface area contributed by atoms with Crippen LogP contribution in [0.4, 0.5) is 0 Å². The molecule has 0 bridgehead atoms. The highest BCUT2D eigenvalue weighted by atomic mass is 32.2. The first-order valence-electron chi connectivity index (χ1n) is 5.61. The predicted molar refractivity (Wildman–Crippen MR) is 62.4 cm³/mol. The largest absolute Gasteiger partial charge is 0.310 e. The van der Waals surface area contributed by atoms with Crippen LogP contribution in [0.15, 0.2) is 0 Å². The number of hydrogen-bond acceptors (Lipinski definition) is 2. The highest BCUT2D eigenvalue weighted by molar-refractivity contribution is 7.99. The van der Waals surface area contributed by atoms with Gasteiger partial charge < -0.3 is 5.32 Å². The summed E-state index contributed by atoms with van der Waals surface area (Å²) in [5, 5.41) is 3.76. The zero-order valence-electron chi connectivity index (χ0n) is 9.18. The van der Waals surface area contributed by atoms with Gasteiger partial charge in [0.15, 0.2) is 0 Å². The summed E-state index contributed by atoms with van der Waals surface area (Å²) in [6, 6.07) is 1.50. The van der Waals surface area contributed by atoms with Crippen LogP contribution >= 0.6 is 11.8 Å². The third-order valence-corrected chi connectivity index (χ3v) is 4.35. The highest BCUT2D eigenvalue weighted by Crippen LogP contribution is 2.20. The van der Waals surface area contributed by atoms with Gasteiger partial charge in [0.25, 0.3) is 0 Å². The van der Waals surface area contributed by atoms with Crippen LogP contribution in [0, 0.1) is 5.92 Å². The Morgan fingerprint density at radius 1 is 1.38 bits per heavy atom. The lowest BCUT2D eigenvalue weighted by Gasteiger charge is -2.25. The Hall–Kier alpha value is 0.310. The molecule has 0 saturated carbocycles. The molecule has 2 unspecified atom stereocenters. The molecule has 1 fully saturated rings. The van der Waals surface area contributed by atoms with Crippen LogP contribution in [-0.2, 0) is 0 Å². The molecule has 1 heterocycles. The Labute approximate surface area is 87.1 Å². The van der Waals surface area contributed by atoms with Gasteiger partial charge in [-0.1, -0.05) is 26.7 Å². The minimum absolute atomic E-state index is 0.707. The van der Waals surface area contributed by atoms with Crippen LogP contribution < -0.4 is 5.32 Å². The van der Waals surface area contributed by atoms with Crippen LogP contribution in [0.25, 0.3) is 0 Å². The van der Waals surface area contributed by atoms with Gasteiger partial charge >= 0.3 is 0 Å². The van der Waals surface area contributed by atoms with Gasteiger partial charge in [0, 0.05) is 17.8 Å². The second-order valence-electron chi connectivity index (χ2n) is 4.09. The van der Waals surface area contributed by atoms with Crippen molar-refractivity contribution in [3.8, 4) is 0 Å². The van der Waals surface area contributed by atoms with E-state index in [4.69, 9.17) is 0 Å². The average molecular weight is 201 g/mol. The molecular formula is C11H23NS. The second kappa shape index (κ2) is 5.92. The standard InChI is InChI=1S/C11H23NS/c1-4-10(5-2)9(3)12-11-6-7-13-8-11/h9-12H,4-8H2,1-3H3. The number of nitrogens with one attached hydrogen (secondary N) is 1. The van der Waals surface area contributed by atoms with Gasteiger partial charge in [-0.05, 0) is 25.0 Å². The van der Waals surface area contributed by atoms with Crippen molar-refractivity contribution in [3.63, 3.8) is 0 Å². The van der Waals surface area contributed by atoms with Crippen molar-refractivity contribution in [1.82, 2.24) is 5.32 Å². The molecule has 1 saturated heterocycles. The lowest BCUT2D eigenvalue weighted by atomic mass is 9.95. The van der Waals surface area contributed by atoms with Crippen LogP contribution in [0.5, 0.6) is 0 Å². The van der Waals surface area contributed by atoms with Gasteiger partial charge in [-0.25, -0.2) is 0 Å². The first-order valence-corrected chi connectivity index (χ1v) is 6.77. The fourth-order valence-electron chi connectivity index (χ4n) is 2.17. The van der Waals surface area contributed by atoms with Gasteiger partial charge in [0.2, 0.25) is 0 Å². The van der Waals surface area contributed by atoms with E-state index in [-0.39, 0.29) is 0 Å². The van der Waals surface area contributed by atoms with Gasteiger partial charge in [0.05, 0.1) is 0 Å². The van der Waals surface area contributed by atoms with E-state index in [0.717, 1.165) is 12.0 Å². The van der Waals surface area contributed by atoms with Crippen molar-refractivity contribution in [1.29, 1.82) is 0 Å². The summed E-state index contributed by atoms with van der Waals surface area (Å²) in [7, 11) is 0. The van der Waals surface area contributed by atoms with Crippen molar-refractivity contribution in [2.45, 2.75) is 52.1 Å². The van der Waals surface area contributed by atoms with Crippen molar-refractivity contribution in [3.05, 3.63) is 0 Å². The zero-order valence-corrected chi connectivity index (χ0v) is 9.99. The average Bonchev–Trinajstić information content (AvgIpc) is 2.59. The first kappa shape index (κ1) is 11.4. The van der Waals surface area contributed by atoms with Crippen LogP contribution in [0.1, 0.15) is 40.0 Å². The van der Waals surface area contributed by atoms with Gasteiger partial charge in [-0.2, -0.15) is 11.8 Å². The minimum Gasteiger partial charge on any atom is -0.310 e. The summed E-state index contributed by atoms with van der Waals surface area (Å²) in [4.78, 5) is 0. The molecule has 1 aliphatic rings. The lowest BCUT2D eigenvalue weighted by molar-refractivity contribution is 0.329. The van der Waals surface area contributed by atoms with Crippen LogP contribution in [-0.4, -0.2) is 23.6 Å². The van der Waals surface area contributed by atoms with Crippen molar-refractivity contribution >= 4 is 11.8 Å². The van der Waals surface area contributed by atoms with Crippen molar-refractivity contribution < 1.29 is 0 Å². The summed E-state index contributed by atoms with van der Waals surface area (Å²) in [6.45, 7) is 6.95. The molecule has 1 N–H and O–H groups in total. The molecule has 1 rings (SSSR count). The molecule has 0 aromatic rings. The first-order chi connectivity index (χ1) is 6.27. The van der Waals surface area contributed by atoms with Gasteiger partial charge in [-0.3, -0.25) is 0 Å². The molecule has 2 heteroatoms. The summed E-state index contributed by atoms with van der Waals surface area (Å²) in [5.41, 5.74) is 0. The molecule has 0 radical (unpaired) electrons. The lowest BCUT2D eigenvalue weighted by Crippen LogP contribution is -2.40. The molecule has 13 heavy (non-hydrogen) atoms. The zero-order chi connectivity index (χ0) is 9.68.